The van der Waals surface area contributed by atoms with Crippen molar-refractivity contribution in [3.8, 4) is 5.75 Å². The van der Waals surface area contributed by atoms with Crippen LogP contribution in [-0.2, 0) is 6.61 Å². The van der Waals surface area contributed by atoms with Gasteiger partial charge in [-0.05, 0) is 45.6 Å². The lowest BCUT2D eigenvalue weighted by Crippen LogP contribution is -2.10. The van der Waals surface area contributed by atoms with E-state index in [1.165, 1.54) is 0 Å². The van der Waals surface area contributed by atoms with Crippen LogP contribution in [0.4, 0.5) is 0 Å². The number of benzene rings is 1. The molecular formula is C12H10BrClN2OS. The Morgan fingerprint density at radius 1 is 1.44 bits per heavy atom. The molecule has 1 aromatic carbocycles. The Morgan fingerprint density at radius 2 is 2.22 bits per heavy atom. The molecule has 0 saturated carbocycles. The highest BCUT2D eigenvalue weighted by Crippen LogP contribution is 2.28. The van der Waals surface area contributed by atoms with Gasteiger partial charge in [-0.25, -0.2) is 0 Å². The minimum absolute atomic E-state index is 0.00977. The van der Waals surface area contributed by atoms with Crippen LogP contribution in [0.1, 0.15) is 10.4 Å². The van der Waals surface area contributed by atoms with E-state index >= 15 is 0 Å². The molecule has 0 fully saturated rings. The van der Waals surface area contributed by atoms with Gasteiger partial charge in [-0.2, -0.15) is 0 Å². The summed E-state index contributed by atoms with van der Waals surface area (Å²) in [5.41, 5.74) is 5.97. The third-order valence-electron chi connectivity index (χ3n) is 2.29. The van der Waals surface area contributed by atoms with Gasteiger partial charge in [0.15, 0.2) is 0 Å². The lowest BCUT2D eigenvalue weighted by atomic mass is 10.2. The Hall–Kier alpha value is -1.04. The first-order valence-electron chi connectivity index (χ1n) is 5.06. The fraction of sp³-hybridized carbons (Fsp3) is 0.0833. The number of rotatable bonds is 4. The molecule has 0 aliphatic heterocycles. The van der Waals surface area contributed by atoms with E-state index < -0.39 is 0 Å². The maximum absolute atomic E-state index is 7.32. The summed E-state index contributed by atoms with van der Waals surface area (Å²) in [7, 11) is 0. The topological polar surface area (TPSA) is 59.1 Å². The van der Waals surface area contributed by atoms with Crippen LogP contribution in [0, 0.1) is 5.41 Å². The number of amidine groups is 1. The van der Waals surface area contributed by atoms with Crippen molar-refractivity contribution in [2.75, 3.05) is 0 Å². The first-order valence-corrected chi connectivity index (χ1v) is 7.11. The van der Waals surface area contributed by atoms with Crippen LogP contribution in [0.5, 0.6) is 5.75 Å². The monoisotopic (exact) mass is 344 g/mol. The van der Waals surface area contributed by atoms with Gasteiger partial charge in [-0.3, -0.25) is 5.41 Å². The molecule has 0 aliphatic rings. The fourth-order valence-corrected chi connectivity index (χ4v) is 2.97. The fourth-order valence-electron chi connectivity index (χ4n) is 1.36. The molecule has 18 heavy (non-hydrogen) atoms. The smallest absolute Gasteiger partial charge is 0.138 e. The van der Waals surface area contributed by atoms with Crippen LogP contribution in [-0.4, -0.2) is 5.84 Å². The second-order valence-corrected chi connectivity index (χ2v) is 5.80. The number of nitrogen functional groups attached to an aromatic ring is 1. The highest BCUT2D eigenvalue weighted by molar-refractivity contribution is 9.10. The van der Waals surface area contributed by atoms with Gasteiger partial charge in [0.05, 0.1) is 9.90 Å². The van der Waals surface area contributed by atoms with Crippen LogP contribution in [0.3, 0.4) is 0 Å². The zero-order valence-corrected chi connectivity index (χ0v) is 12.4. The minimum atomic E-state index is -0.00977. The maximum atomic E-state index is 7.32. The summed E-state index contributed by atoms with van der Waals surface area (Å²) in [6, 6.07) is 7.04. The highest BCUT2D eigenvalue weighted by Gasteiger charge is 2.07. The molecular weight excluding hydrogens is 336 g/mol. The molecule has 0 saturated heterocycles. The normalized spacial score (nSPS) is 10.3. The van der Waals surface area contributed by atoms with E-state index in [4.69, 9.17) is 27.5 Å². The van der Waals surface area contributed by atoms with E-state index in [-0.39, 0.29) is 5.84 Å². The van der Waals surface area contributed by atoms with E-state index in [0.717, 1.165) is 9.35 Å². The largest absolute Gasteiger partial charge is 0.486 e. The molecule has 94 valence electrons. The van der Waals surface area contributed by atoms with Crippen molar-refractivity contribution in [2.24, 2.45) is 5.73 Å². The second kappa shape index (κ2) is 5.73. The third kappa shape index (κ3) is 3.04. The summed E-state index contributed by atoms with van der Waals surface area (Å²) >= 11 is 11.1. The molecule has 0 atom stereocenters. The lowest BCUT2D eigenvalue weighted by molar-refractivity contribution is 0.309. The number of thiophene rings is 1. The van der Waals surface area contributed by atoms with E-state index in [1.807, 2.05) is 11.4 Å². The predicted octanol–water partition coefficient (Wildman–Crippen LogP) is 4.03. The number of nitrogens with two attached hydrogens (primary N) is 1. The molecule has 0 unspecified atom stereocenters. The second-order valence-electron chi connectivity index (χ2n) is 3.54. The van der Waals surface area contributed by atoms with Crippen molar-refractivity contribution >= 4 is 44.7 Å². The van der Waals surface area contributed by atoms with Gasteiger partial charge < -0.3 is 10.5 Å². The quantitative estimate of drug-likeness (QED) is 0.649. The minimum Gasteiger partial charge on any atom is -0.486 e. The number of halogens is 2. The number of nitrogens with one attached hydrogen (secondary N) is 1. The molecule has 0 amide bonds. The van der Waals surface area contributed by atoms with Crippen molar-refractivity contribution in [1.29, 1.82) is 5.41 Å². The van der Waals surface area contributed by atoms with Crippen molar-refractivity contribution in [2.45, 2.75) is 6.61 Å². The molecule has 2 aromatic rings. The predicted molar refractivity (Wildman–Crippen MR) is 78.8 cm³/mol. The zero-order valence-electron chi connectivity index (χ0n) is 9.24. The molecule has 0 radical (unpaired) electrons. The highest BCUT2D eigenvalue weighted by atomic mass is 79.9. The van der Waals surface area contributed by atoms with Crippen molar-refractivity contribution in [3.05, 3.63) is 49.6 Å². The third-order valence-corrected chi connectivity index (χ3v) is 4.49. The molecule has 6 heteroatoms. The summed E-state index contributed by atoms with van der Waals surface area (Å²) in [5.74, 6) is 0.575. The van der Waals surface area contributed by atoms with Gasteiger partial charge >= 0.3 is 0 Å². The SMILES string of the molecule is N=C(N)c1ccc(OCc2sccc2Br)c(Cl)c1. The van der Waals surface area contributed by atoms with E-state index in [9.17, 15) is 0 Å². The van der Waals surface area contributed by atoms with Crippen molar-refractivity contribution in [3.63, 3.8) is 0 Å². The summed E-state index contributed by atoms with van der Waals surface area (Å²) in [6.07, 6.45) is 0. The lowest BCUT2D eigenvalue weighted by Gasteiger charge is -2.08. The van der Waals surface area contributed by atoms with E-state index in [0.29, 0.717) is 22.9 Å². The zero-order chi connectivity index (χ0) is 13.1. The number of hydrogen-bond donors (Lipinski definition) is 2. The van der Waals surface area contributed by atoms with Crippen molar-refractivity contribution < 1.29 is 4.74 Å². The Kier molecular flexibility index (Phi) is 4.27. The van der Waals surface area contributed by atoms with E-state index in [2.05, 4.69) is 15.9 Å². The average Bonchev–Trinajstić information content (AvgIpc) is 2.73. The summed E-state index contributed by atoms with van der Waals surface area (Å²) < 4.78 is 6.67. The number of ether oxygens (including phenoxy) is 1. The molecule has 0 bridgehead atoms. The first kappa shape index (κ1) is 13.4. The van der Waals surface area contributed by atoms with Gasteiger partial charge in [-0.15, -0.1) is 11.3 Å². The van der Waals surface area contributed by atoms with Crippen LogP contribution >= 0.6 is 38.9 Å². The summed E-state index contributed by atoms with van der Waals surface area (Å²) in [6.45, 7) is 0.456. The summed E-state index contributed by atoms with van der Waals surface area (Å²) in [4.78, 5) is 1.10. The van der Waals surface area contributed by atoms with Crippen LogP contribution in [0.25, 0.3) is 0 Å². The Labute approximate surface area is 122 Å². The van der Waals surface area contributed by atoms with Gasteiger partial charge in [0.25, 0.3) is 0 Å². The first-order chi connectivity index (χ1) is 8.58. The van der Waals surface area contributed by atoms with Gasteiger partial charge in [0.2, 0.25) is 0 Å². The summed E-state index contributed by atoms with van der Waals surface area (Å²) in [5, 5.41) is 9.76. The van der Waals surface area contributed by atoms with Gasteiger partial charge in [0, 0.05) is 10.0 Å². The van der Waals surface area contributed by atoms with Crippen LogP contribution in [0.15, 0.2) is 34.1 Å². The van der Waals surface area contributed by atoms with Crippen LogP contribution < -0.4 is 10.5 Å². The standard InChI is InChI=1S/C12H10BrClN2OS/c13-8-3-4-18-11(8)6-17-10-2-1-7(12(15)16)5-9(10)14/h1-5H,6H2,(H3,15,16). The van der Waals surface area contributed by atoms with Crippen LogP contribution in [0.2, 0.25) is 5.02 Å². The Morgan fingerprint density at radius 3 is 2.78 bits per heavy atom. The number of hydrogen-bond acceptors (Lipinski definition) is 3. The van der Waals surface area contributed by atoms with Gasteiger partial charge in [0.1, 0.15) is 18.2 Å². The van der Waals surface area contributed by atoms with Crippen molar-refractivity contribution in [1.82, 2.24) is 0 Å². The molecule has 0 aliphatic carbocycles. The molecule has 1 aromatic heterocycles. The molecule has 0 spiro atoms. The Bertz CT molecular complexity index is 585. The molecule has 3 nitrogen and oxygen atoms in total. The average molecular weight is 346 g/mol. The van der Waals surface area contributed by atoms with E-state index in [1.54, 1.807) is 29.5 Å². The molecule has 1 heterocycles. The molecule has 3 N–H and O–H groups in total. The Balaban J connectivity index is 2.11. The maximum Gasteiger partial charge on any atom is 0.138 e. The molecule has 2 rings (SSSR count). The van der Waals surface area contributed by atoms with Gasteiger partial charge in [-0.1, -0.05) is 11.6 Å².